The molecule has 1 aliphatic carbocycles. The minimum atomic E-state index is -1.02. The van der Waals surface area contributed by atoms with Gasteiger partial charge in [0.15, 0.2) is 23.6 Å². The second kappa shape index (κ2) is 11.1. The average molecular weight is 536 g/mol. The summed E-state index contributed by atoms with van der Waals surface area (Å²) in [5.41, 5.74) is 3.73. The largest absolute Gasteiger partial charge is 0.490 e. The maximum absolute atomic E-state index is 11.7. The lowest BCUT2D eigenvalue weighted by atomic mass is 10.1. The summed E-state index contributed by atoms with van der Waals surface area (Å²) in [5.74, 6) is 2.24. The molecule has 0 saturated heterocycles. The summed E-state index contributed by atoms with van der Waals surface area (Å²) in [6.45, 7) is 4.04. The smallest absolute Gasteiger partial charge is 0.196 e. The van der Waals surface area contributed by atoms with Gasteiger partial charge < -0.3 is 24.8 Å². The molecule has 4 aromatic rings. The van der Waals surface area contributed by atoms with Crippen LogP contribution >= 0.6 is 11.6 Å². The van der Waals surface area contributed by atoms with Crippen molar-refractivity contribution >= 4 is 34.9 Å². The van der Waals surface area contributed by atoms with Crippen molar-refractivity contribution in [2.45, 2.75) is 45.4 Å². The van der Waals surface area contributed by atoms with Crippen LogP contribution in [0.25, 0.3) is 22.6 Å². The molecule has 1 saturated carbocycles. The number of benzene rings is 2. The van der Waals surface area contributed by atoms with Gasteiger partial charge in [0, 0.05) is 17.6 Å². The zero-order valence-corrected chi connectivity index (χ0v) is 22.0. The molecule has 198 valence electrons. The SMILES string of the molecule is Cc1ccc(OCC(O)CO)c(-c2nc3nc(C=O)nc(N[C@H](C)C4CC4)c3n2Cc2ccc(Cl)cc2)c1. The first-order valence-electron chi connectivity index (χ1n) is 12.6. The number of hydrogen-bond donors (Lipinski definition) is 3. The summed E-state index contributed by atoms with van der Waals surface area (Å²) in [7, 11) is 0. The van der Waals surface area contributed by atoms with E-state index in [1.54, 1.807) is 0 Å². The lowest BCUT2D eigenvalue weighted by molar-refractivity contribution is 0.0538. The predicted octanol–water partition coefficient (Wildman–Crippen LogP) is 4.26. The molecular formula is C28H30ClN5O4. The number of aromatic nitrogens is 4. The van der Waals surface area contributed by atoms with Crippen molar-refractivity contribution in [2.75, 3.05) is 18.5 Å². The Labute approximate surface area is 225 Å². The maximum Gasteiger partial charge on any atom is 0.196 e. The molecule has 2 atom stereocenters. The van der Waals surface area contributed by atoms with Crippen LogP contribution in [0.2, 0.25) is 5.02 Å². The van der Waals surface area contributed by atoms with Gasteiger partial charge in [-0.25, -0.2) is 15.0 Å². The molecule has 2 aromatic heterocycles. The number of aldehydes is 1. The number of fused-ring (bicyclic) bond motifs is 1. The number of aliphatic hydroxyl groups excluding tert-OH is 2. The first-order chi connectivity index (χ1) is 18.4. The number of aliphatic hydroxyl groups is 2. The van der Waals surface area contributed by atoms with Crippen molar-refractivity contribution in [3.8, 4) is 17.1 Å². The average Bonchev–Trinajstić information content (AvgIpc) is 3.71. The Morgan fingerprint density at radius 2 is 1.95 bits per heavy atom. The number of hydrogen-bond acceptors (Lipinski definition) is 8. The van der Waals surface area contributed by atoms with E-state index in [-0.39, 0.29) is 18.5 Å². The van der Waals surface area contributed by atoms with E-state index in [2.05, 4.69) is 22.2 Å². The highest BCUT2D eigenvalue weighted by molar-refractivity contribution is 6.30. The molecule has 5 rings (SSSR count). The predicted molar refractivity (Wildman–Crippen MR) is 146 cm³/mol. The number of imidazole rings is 1. The number of carbonyl (C=O) groups excluding carboxylic acids is 1. The Balaban J connectivity index is 1.70. The highest BCUT2D eigenvalue weighted by atomic mass is 35.5. The number of nitrogens with zero attached hydrogens (tertiary/aromatic N) is 4. The van der Waals surface area contributed by atoms with E-state index in [9.17, 15) is 15.0 Å². The van der Waals surface area contributed by atoms with Gasteiger partial charge in [-0.1, -0.05) is 35.4 Å². The Hall–Kier alpha value is -3.53. The maximum atomic E-state index is 11.7. The van der Waals surface area contributed by atoms with Crippen molar-refractivity contribution < 1.29 is 19.7 Å². The second-order valence-electron chi connectivity index (χ2n) is 9.79. The van der Waals surface area contributed by atoms with Gasteiger partial charge in [-0.05, 0) is 62.4 Å². The van der Waals surface area contributed by atoms with Crippen LogP contribution in [-0.4, -0.2) is 61.4 Å². The number of ether oxygens (including phenoxy) is 1. The number of rotatable bonds is 11. The summed E-state index contributed by atoms with van der Waals surface area (Å²) in [4.78, 5) is 25.6. The fraction of sp³-hybridized carbons (Fsp3) is 0.357. The topological polar surface area (TPSA) is 122 Å². The van der Waals surface area contributed by atoms with E-state index in [0.717, 1.165) is 24.0 Å². The van der Waals surface area contributed by atoms with Crippen molar-refractivity contribution in [3.05, 3.63) is 64.4 Å². The number of nitrogens with one attached hydrogen (secondary N) is 1. The quantitative estimate of drug-likeness (QED) is 0.243. The van der Waals surface area contributed by atoms with Crippen LogP contribution in [0.3, 0.4) is 0 Å². The van der Waals surface area contributed by atoms with E-state index in [1.165, 1.54) is 0 Å². The summed E-state index contributed by atoms with van der Waals surface area (Å²) in [5, 5.41) is 23.3. The van der Waals surface area contributed by atoms with Crippen molar-refractivity contribution in [2.24, 2.45) is 5.92 Å². The normalized spacial score (nSPS) is 14.9. The van der Waals surface area contributed by atoms with Crippen LogP contribution in [0.1, 0.15) is 41.5 Å². The molecule has 0 radical (unpaired) electrons. The van der Waals surface area contributed by atoms with Crippen LogP contribution in [0, 0.1) is 12.8 Å². The fourth-order valence-electron chi connectivity index (χ4n) is 4.45. The molecule has 9 nitrogen and oxygen atoms in total. The zero-order valence-electron chi connectivity index (χ0n) is 21.3. The highest BCUT2D eigenvalue weighted by Crippen LogP contribution is 2.37. The Morgan fingerprint density at radius 3 is 2.63 bits per heavy atom. The van der Waals surface area contributed by atoms with Gasteiger partial charge in [0.2, 0.25) is 0 Å². The van der Waals surface area contributed by atoms with E-state index >= 15 is 0 Å². The first kappa shape index (κ1) is 26.1. The molecule has 0 bridgehead atoms. The summed E-state index contributed by atoms with van der Waals surface area (Å²) in [6, 6.07) is 13.4. The number of anilines is 1. The molecule has 1 fully saturated rings. The van der Waals surface area contributed by atoms with E-state index in [0.29, 0.717) is 57.9 Å². The highest BCUT2D eigenvalue weighted by Gasteiger charge is 2.30. The summed E-state index contributed by atoms with van der Waals surface area (Å²) in [6.07, 6.45) is 1.92. The van der Waals surface area contributed by atoms with Crippen LogP contribution in [0.4, 0.5) is 5.82 Å². The molecule has 10 heteroatoms. The van der Waals surface area contributed by atoms with Crippen molar-refractivity contribution in [1.82, 2.24) is 19.5 Å². The van der Waals surface area contributed by atoms with Gasteiger partial charge in [0.25, 0.3) is 0 Å². The molecule has 2 aromatic carbocycles. The lowest BCUT2D eigenvalue weighted by Gasteiger charge is -2.18. The molecule has 0 aliphatic heterocycles. The summed E-state index contributed by atoms with van der Waals surface area (Å²) >= 11 is 6.14. The third-order valence-electron chi connectivity index (χ3n) is 6.69. The standard InChI is InChI=1S/C28H30ClN5O4/c1-16-3-10-23(38-15-21(37)13-35)22(11-16)28-33-27-25(34(28)12-18-4-8-20(29)9-5-18)26(31-24(14-36)32-27)30-17(2)19-6-7-19/h3-5,8-11,14,17,19,21,35,37H,6-7,12-13,15H2,1-2H3,(H,30,31,32)/t17-,21?/m1/s1. The Kier molecular flexibility index (Phi) is 7.60. The minimum Gasteiger partial charge on any atom is -0.490 e. The molecule has 0 spiro atoms. The van der Waals surface area contributed by atoms with Crippen LogP contribution in [0.5, 0.6) is 5.75 Å². The third-order valence-corrected chi connectivity index (χ3v) is 6.94. The third kappa shape index (κ3) is 5.65. The summed E-state index contributed by atoms with van der Waals surface area (Å²) < 4.78 is 7.92. The van der Waals surface area contributed by atoms with Crippen molar-refractivity contribution in [1.29, 1.82) is 0 Å². The van der Waals surface area contributed by atoms with Crippen LogP contribution in [0.15, 0.2) is 42.5 Å². The van der Waals surface area contributed by atoms with Gasteiger partial charge in [0.05, 0.1) is 12.2 Å². The number of halogens is 1. The molecule has 0 amide bonds. The minimum absolute atomic E-state index is 0.0532. The number of carbonyl (C=O) groups is 1. The van der Waals surface area contributed by atoms with Gasteiger partial charge in [0.1, 0.15) is 29.8 Å². The van der Waals surface area contributed by atoms with Gasteiger partial charge >= 0.3 is 0 Å². The number of aryl methyl sites for hydroxylation is 1. The molecule has 3 N–H and O–H groups in total. The molecular weight excluding hydrogens is 506 g/mol. The lowest BCUT2D eigenvalue weighted by Crippen LogP contribution is -2.21. The van der Waals surface area contributed by atoms with Gasteiger partial charge in [-0.15, -0.1) is 0 Å². The van der Waals surface area contributed by atoms with Crippen molar-refractivity contribution in [3.63, 3.8) is 0 Å². The zero-order chi connectivity index (χ0) is 26.8. The van der Waals surface area contributed by atoms with Gasteiger partial charge in [-0.3, -0.25) is 4.79 Å². The Bertz CT molecular complexity index is 1450. The monoisotopic (exact) mass is 535 g/mol. The first-order valence-corrected chi connectivity index (χ1v) is 13.0. The second-order valence-corrected chi connectivity index (χ2v) is 10.2. The van der Waals surface area contributed by atoms with E-state index in [1.807, 2.05) is 54.0 Å². The van der Waals surface area contributed by atoms with E-state index < -0.39 is 12.7 Å². The molecule has 2 heterocycles. The molecule has 1 aliphatic rings. The van der Waals surface area contributed by atoms with Crippen LogP contribution in [-0.2, 0) is 6.54 Å². The fourth-order valence-corrected chi connectivity index (χ4v) is 4.58. The van der Waals surface area contributed by atoms with Gasteiger partial charge in [-0.2, -0.15) is 0 Å². The molecule has 1 unspecified atom stereocenters. The van der Waals surface area contributed by atoms with Crippen LogP contribution < -0.4 is 10.1 Å². The molecule has 38 heavy (non-hydrogen) atoms. The Morgan fingerprint density at radius 1 is 1.18 bits per heavy atom. The van der Waals surface area contributed by atoms with E-state index in [4.69, 9.17) is 21.3 Å².